The van der Waals surface area contributed by atoms with Crippen molar-refractivity contribution < 1.29 is 18.0 Å². The number of amides is 1. The zero-order chi connectivity index (χ0) is 16.4. The highest BCUT2D eigenvalue weighted by molar-refractivity contribution is 6.34. The minimum atomic E-state index is -1.13. The number of furan rings is 1. The van der Waals surface area contributed by atoms with E-state index >= 15 is 0 Å². The highest BCUT2D eigenvalue weighted by atomic mass is 35.5. The molecule has 0 spiro atoms. The summed E-state index contributed by atoms with van der Waals surface area (Å²) < 4.78 is 31.5. The van der Waals surface area contributed by atoms with Crippen molar-refractivity contribution in [2.24, 2.45) is 0 Å². The lowest BCUT2D eigenvalue weighted by Gasteiger charge is -2.08. The zero-order valence-corrected chi connectivity index (χ0v) is 12.4. The second-order valence-corrected chi connectivity index (χ2v) is 5.16. The second-order valence-electron chi connectivity index (χ2n) is 4.75. The van der Waals surface area contributed by atoms with Gasteiger partial charge in [-0.05, 0) is 48.5 Å². The maximum Gasteiger partial charge on any atom is 0.257 e. The highest BCUT2D eigenvalue weighted by Gasteiger charge is 2.15. The van der Waals surface area contributed by atoms with Crippen molar-refractivity contribution in [2.45, 2.75) is 0 Å². The van der Waals surface area contributed by atoms with Crippen LogP contribution in [0.15, 0.2) is 59.2 Å². The molecule has 0 aliphatic heterocycles. The summed E-state index contributed by atoms with van der Waals surface area (Å²) in [4.78, 5) is 12.1. The molecular weight excluding hydrogens is 324 g/mol. The molecule has 0 fully saturated rings. The molecule has 0 atom stereocenters. The zero-order valence-electron chi connectivity index (χ0n) is 11.6. The van der Waals surface area contributed by atoms with Gasteiger partial charge in [0.2, 0.25) is 0 Å². The Labute approximate surface area is 135 Å². The standard InChI is InChI=1S/C17H10ClF2NO2/c18-13-9-15(20)14(19)8-12(13)17(22)21-11-5-3-10(4-6-11)16-2-1-7-23-16/h1-9H,(H,21,22). The summed E-state index contributed by atoms with van der Waals surface area (Å²) >= 11 is 5.78. The number of nitrogens with one attached hydrogen (secondary N) is 1. The van der Waals surface area contributed by atoms with Crippen molar-refractivity contribution in [2.75, 3.05) is 5.32 Å². The van der Waals surface area contributed by atoms with Crippen molar-refractivity contribution in [1.29, 1.82) is 0 Å². The molecule has 23 heavy (non-hydrogen) atoms. The van der Waals surface area contributed by atoms with Crippen LogP contribution in [-0.2, 0) is 0 Å². The molecule has 0 radical (unpaired) electrons. The predicted octanol–water partition coefficient (Wildman–Crippen LogP) is 5.13. The maximum atomic E-state index is 13.2. The van der Waals surface area contributed by atoms with E-state index in [1.807, 2.05) is 6.07 Å². The topological polar surface area (TPSA) is 42.2 Å². The summed E-state index contributed by atoms with van der Waals surface area (Å²) in [6, 6.07) is 12.0. The van der Waals surface area contributed by atoms with Crippen LogP contribution < -0.4 is 5.32 Å². The van der Waals surface area contributed by atoms with Crippen LogP contribution in [0.4, 0.5) is 14.5 Å². The molecule has 3 rings (SSSR count). The fraction of sp³-hybridized carbons (Fsp3) is 0. The van der Waals surface area contributed by atoms with Crippen LogP contribution in [0.25, 0.3) is 11.3 Å². The lowest BCUT2D eigenvalue weighted by Crippen LogP contribution is -2.13. The molecule has 0 aliphatic carbocycles. The van der Waals surface area contributed by atoms with E-state index < -0.39 is 17.5 Å². The summed E-state index contributed by atoms with van der Waals surface area (Å²) in [6.45, 7) is 0. The second kappa shape index (κ2) is 6.22. The fourth-order valence-electron chi connectivity index (χ4n) is 2.06. The number of carbonyl (C=O) groups excluding carboxylic acids is 1. The summed E-state index contributed by atoms with van der Waals surface area (Å²) in [7, 11) is 0. The Morgan fingerprint density at radius 2 is 1.74 bits per heavy atom. The Kier molecular flexibility index (Phi) is 4.12. The van der Waals surface area contributed by atoms with E-state index in [4.69, 9.17) is 16.0 Å². The monoisotopic (exact) mass is 333 g/mol. The number of halogens is 3. The van der Waals surface area contributed by atoms with Gasteiger partial charge in [-0.15, -0.1) is 0 Å². The maximum absolute atomic E-state index is 13.2. The number of hydrogen-bond acceptors (Lipinski definition) is 2. The first-order chi connectivity index (χ1) is 11.0. The van der Waals surface area contributed by atoms with Crippen LogP contribution in [0.2, 0.25) is 5.02 Å². The van der Waals surface area contributed by atoms with Crippen molar-refractivity contribution in [3.8, 4) is 11.3 Å². The third-order valence-corrected chi connectivity index (χ3v) is 3.52. The third-order valence-electron chi connectivity index (χ3n) is 3.20. The summed E-state index contributed by atoms with van der Waals surface area (Å²) in [5.41, 5.74) is 1.20. The van der Waals surface area contributed by atoms with E-state index in [-0.39, 0.29) is 10.6 Å². The van der Waals surface area contributed by atoms with E-state index in [1.165, 1.54) is 0 Å². The Hall–Kier alpha value is -2.66. The molecule has 1 aromatic heterocycles. The molecule has 6 heteroatoms. The van der Waals surface area contributed by atoms with Crippen molar-refractivity contribution in [3.63, 3.8) is 0 Å². The fourth-order valence-corrected chi connectivity index (χ4v) is 2.29. The number of rotatable bonds is 3. The number of carbonyl (C=O) groups is 1. The number of benzene rings is 2. The molecule has 1 heterocycles. The number of hydrogen-bond donors (Lipinski definition) is 1. The lowest BCUT2D eigenvalue weighted by molar-refractivity contribution is 0.102. The highest BCUT2D eigenvalue weighted by Crippen LogP contribution is 2.24. The SMILES string of the molecule is O=C(Nc1ccc(-c2ccco2)cc1)c1cc(F)c(F)cc1Cl. The molecule has 0 saturated heterocycles. The Morgan fingerprint density at radius 3 is 2.39 bits per heavy atom. The van der Waals surface area contributed by atoms with Gasteiger partial charge in [0.05, 0.1) is 16.8 Å². The molecule has 0 aliphatic rings. The van der Waals surface area contributed by atoms with E-state index in [0.717, 1.165) is 17.7 Å². The summed E-state index contributed by atoms with van der Waals surface area (Å²) in [5, 5.41) is 2.42. The quantitative estimate of drug-likeness (QED) is 0.675. The van der Waals surface area contributed by atoms with Gasteiger partial charge in [0.1, 0.15) is 5.76 Å². The average molecular weight is 334 g/mol. The Morgan fingerprint density at radius 1 is 1.04 bits per heavy atom. The smallest absolute Gasteiger partial charge is 0.257 e. The molecule has 3 nitrogen and oxygen atoms in total. The molecule has 2 aromatic carbocycles. The van der Waals surface area contributed by atoms with Gasteiger partial charge in [-0.2, -0.15) is 0 Å². The molecule has 0 saturated carbocycles. The minimum Gasteiger partial charge on any atom is -0.464 e. The molecule has 1 N–H and O–H groups in total. The van der Waals surface area contributed by atoms with E-state index in [1.54, 1.807) is 36.6 Å². The van der Waals surface area contributed by atoms with Crippen molar-refractivity contribution in [1.82, 2.24) is 0 Å². The normalized spacial score (nSPS) is 10.6. The summed E-state index contributed by atoms with van der Waals surface area (Å²) in [5.74, 6) is -2.16. The van der Waals surface area contributed by atoms with Gasteiger partial charge in [0.25, 0.3) is 5.91 Å². The molecule has 0 unspecified atom stereocenters. The summed E-state index contributed by atoms with van der Waals surface area (Å²) in [6.07, 6.45) is 1.57. The van der Waals surface area contributed by atoms with Crippen LogP contribution >= 0.6 is 11.6 Å². The van der Waals surface area contributed by atoms with Gasteiger partial charge in [0.15, 0.2) is 11.6 Å². The van der Waals surface area contributed by atoms with Gasteiger partial charge < -0.3 is 9.73 Å². The first-order valence-corrected chi connectivity index (χ1v) is 7.02. The molecule has 3 aromatic rings. The van der Waals surface area contributed by atoms with E-state index in [9.17, 15) is 13.6 Å². The van der Waals surface area contributed by atoms with Gasteiger partial charge in [0, 0.05) is 11.3 Å². The van der Waals surface area contributed by atoms with Crippen LogP contribution in [0.5, 0.6) is 0 Å². The lowest BCUT2D eigenvalue weighted by atomic mass is 10.1. The van der Waals surface area contributed by atoms with E-state index in [0.29, 0.717) is 11.4 Å². The van der Waals surface area contributed by atoms with Gasteiger partial charge in [-0.1, -0.05) is 11.6 Å². The Bertz CT molecular complexity index is 846. The van der Waals surface area contributed by atoms with Gasteiger partial charge in [-0.25, -0.2) is 8.78 Å². The largest absolute Gasteiger partial charge is 0.464 e. The molecule has 116 valence electrons. The minimum absolute atomic E-state index is 0.138. The first kappa shape index (κ1) is 15.2. The van der Waals surface area contributed by atoms with Crippen molar-refractivity contribution >= 4 is 23.2 Å². The Balaban J connectivity index is 1.79. The number of anilines is 1. The molecule has 0 bridgehead atoms. The van der Waals surface area contributed by atoms with E-state index in [2.05, 4.69) is 5.32 Å². The van der Waals surface area contributed by atoms with Crippen LogP contribution in [0.3, 0.4) is 0 Å². The van der Waals surface area contributed by atoms with Crippen molar-refractivity contribution in [3.05, 3.63) is 77.0 Å². The van der Waals surface area contributed by atoms with Crippen LogP contribution in [0.1, 0.15) is 10.4 Å². The first-order valence-electron chi connectivity index (χ1n) is 6.64. The van der Waals surface area contributed by atoms with Gasteiger partial charge >= 0.3 is 0 Å². The molecular formula is C17H10ClF2NO2. The van der Waals surface area contributed by atoms with Gasteiger partial charge in [-0.3, -0.25) is 4.79 Å². The third kappa shape index (κ3) is 3.24. The molecule has 1 amide bonds. The van der Waals surface area contributed by atoms with Crippen LogP contribution in [-0.4, -0.2) is 5.91 Å². The average Bonchev–Trinajstić information content (AvgIpc) is 3.06. The predicted molar refractivity (Wildman–Crippen MR) is 83.5 cm³/mol. The van der Waals surface area contributed by atoms with Crippen LogP contribution in [0, 0.1) is 11.6 Å².